The molecule has 1 heterocycles. The predicted octanol–water partition coefficient (Wildman–Crippen LogP) is 6.23. The molecule has 0 aliphatic heterocycles. The molecule has 0 spiro atoms. The van der Waals surface area contributed by atoms with Crippen molar-refractivity contribution in [2.45, 2.75) is 6.54 Å². The molecule has 34 heavy (non-hydrogen) atoms. The number of aromatic nitrogens is 1. The molecule has 5 aromatic rings. The molecule has 5 rings (SSSR count). The highest BCUT2D eigenvalue weighted by molar-refractivity contribution is 6.14. The maximum absolute atomic E-state index is 13.6. The third-order valence-corrected chi connectivity index (χ3v) is 5.82. The van der Waals surface area contributed by atoms with E-state index < -0.39 is 0 Å². The van der Waals surface area contributed by atoms with Crippen molar-refractivity contribution in [2.75, 3.05) is 7.11 Å². The first-order valence-electron chi connectivity index (χ1n) is 11.2. The van der Waals surface area contributed by atoms with E-state index in [2.05, 4.69) is 0 Å². The van der Waals surface area contributed by atoms with Crippen LogP contribution < -0.4 is 10.3 Å². The summed E-state index contributed by atoms with van der Waals surface area (Å²) in [5, 5.41) is 1.49. The van der Waals surface area contributed by atoms with Crippen molar-refractivity contribution in [3.05, 3.63) is 142 Å². The van der Waals surface area contributed by atoms with Crippen LogP contribution in [0.3, 0.4) is 0 Å². The third kappa shape index (κ3) is 4.39. The highest BCUT2D eigenvalue weighted by Gasteiger charge is 2.12. The van der Waals surface area contributed by atoms with E-state index in [0.717, 1.165) is 33.5 Å². The van der Waals surface area contributed by atoms with Crippen molar-refractivity contribution in [1.29, 1.82) is 0 Å². The van der Waals surface area contributed by atoms with Crippen LogP contribution in [0.25, 0.3) is 10.8 Å². The third-order valence-electron chi connectivity index (χ3n) is 5.82. The van der Waals surface area contributed by atoms with E-state index in [-0.39, 0.29) is 5.56 Å². The lowest BCUT2D eigenvalue weighted by Gasteiger charge is -2.11. The smallest absolute Gasteiger partial charge is 0.260 e. The van der Waals surface area contributed by atoms with E-state index in [4.69, 9.17) is 9.73 Å². The molecule has 4 aromatic carbocycles. The Morgan fingerprint density at radius 1 is 0.765 bits per heavy atom. The van der Waals surface area contributed by atoms with Gasteiger partial charge in [0.2, 0.25) is 0 Å². The fourth-order valence-corrected chi connectivity index (χ4v) is 4.06. The number of hydrogen-bond acceptors (Lipinski definition) is 3. The molecule has 4 nitrogen and oxygen atoms in total. The summed E-state index contributed by atoms with van der Waals surface area (Å²) >= 11 is 0. The van der Waals surface area contributed by atoms with Crippen LogP contribution in [0.2, 0.25) is 0 Å². The lowest BCUT2D eigenvalue weighted by atomic mass is 10.0. The van der Waals surface area contributed by atoms with Crippen molar-refractivity contribution in [1.82, 2.24) is 4.57 Å². The minimum absolute atomic E-state index is 0.0619. The second kappa shape index (κ2) is 9.59. The first-order valence-corrected chi connectivity index (χ1v) is 11.2. The van der Waals surface area contributed by atoms with Gasteiger partial charge in [-0.15, -0.1) is 0 Å². The summed E-state index contributed by atoms with van der Waals surface area (Å²) in [6, 6.07) is 35.7. The first kappa shape index (κ1) is 21.4. The van der Waals surface area contributed by atoms with Crippen molar-refractivity contribution >= 4 is 22.2 Å². The zero-order valence-corrected chi connectivity index (χ0v) is 18.9. The molecule has 0 aliphatic carbocycles. The molecule has 0 fully saturated rings. The molecule has 4 heteroatoms. The fourth-order valence-electron chi connectivity index (χ4n) is 4.06. The zero-order chi connectivity index (χ0) is 23.3. The first-order chi connectivity index (χ1) is 16.7. The lowest BCUT2D eigenvalue weighted by molar-refractivity contribution is 0.414. The summed E-state index contributed by atoms with van der Waals surface area (Å²) in [6.07, 6.45) is 1.84. The van der Waals surface area contributed by atoms with Crippen LogP contribution in [0, 0.1) is 0 Å². The summed E-state index contributed by atoms with van der Waals surface area (Å²) < 4.78 is 6.97. The fraction of sp³-hybridized carbons (Fsp3) is 0.0667. The Morgan fingerprint density at radius 3 is 2.03 bits per heavy atom. The Labute approximate surface area is 198 Å². The summed E-state index contributed by atoms with van der Waals surface area (Å²) in [4.78, 5) is 18.6. The number of methoxy groups -OCH3 is 1. The van der Waals surface area contributed by atoms with Gasteiger partial charge in [0.25, 0.3) is 5.56 Å². The normalized spacial score (nSPS) is 10.7. The van der Waals surface area contributed by atoms with Crippen LogP contribution in [0.5, 0.6) is 5.75 Å². The van der Waals surface area contributed by atoms with Crippen molar-refractivity contribution in [3.8, 4) is 5.75 Å². The van der Waals surface area contributed by atoms with E-state index in [9.17, 15) is 4.79 Å². The number of fused-ring (bicyclic) bond motifs is 1. The van der Waals surface area contributed by atoms with Gasteiger partial charge in [0, 0.05) is 17.3 Å². The minimum Gasteiger partial charge on any atom is -0.497 e. The quantitative estimate of drug-likeness (QED) is 0.292. The van der Waals surface area contributed by atoms with Crippen molar-refractivity contribution in [2.24, 2.45) is 4.99 Å². The number of pyridine rings is 1. The highest BCUT2D eigenvalue weighted by atomic mass is 16.5. The topological polar surface area (TPSA) is 43.6 Å². The number of benzene rings is 4. The SMILES string of the molecule is COc1ccc(Cn2ccc3cccc(N=C(c4ccccc4)c4ccccc4)c3c2=O)cc1. The molecule has 0 N–H and O–H groups in total. The maximum Gasteiger partial charge on any atom is 0.260 e. The Bertz CT molecular complexity index is 1460. The Hall–Kier alpha value is -4.44. The molecule has 0 aliphatic rings. The van der Waals surface area contributed by atoms with Gasteiger partial charge in [-0.3, -0.25) is 4.79 Å². The Balaban J connectivity index is 1.64. The van der Waals surface area contributed by atoms with E-state index in [1.54, 1.807) is 11.7 Å². The standard InChI is InChI=1S/C30H24N2O2/c1-34-26-17-15-22(16-18-26)21-32-20-19-23-13-8-14-27(28(23)30(32)33)31-29(24-9-4-2-5-10-24)25-11-6-3-7-12-25/h2-20H,21H2,1H3. The Kier molecular flexibility index (Phi) is 6.04. The molecule has 0 unspecified atom stereocenters. The number of rotatable bonds is 6. The van der Waals surface area contributed by atoms with Crippen LogP contribution in [-0.2, 0) is 6.54 Å². The van der Waals surface area contributed by atoms with Gasteiger partial charge in [-0.05, 0) is 35.2 Å². The molecular weight excluding hydrogens is 420 g/mol. The van der Waals surface area contributed by atoms with Gasteiger partial charge < -0.3 is 9.30 Å². The summed E-state index contributed by atoms with van der Waals surface area (Å²) in [7, 11) is 1.64. The van der Waals surface area contributed by atoms with Crippen LogP contribution in [0.4, 0.5) is 5.69 Å². The molecule has 0 radical (unpaired) electrons. The molecule has 0 saturated heterocycles. The van der Waals surface area contributed by atoms with Crippen molar-refractivity contribution < 1.29 is 4.74 Å². The van der Waals surface area contributed by atoms with Gasteiger partial charge in [-0.1, -0.05) is 84.9 Å². The summed E-state index contributed by atoms with van der Waals surface area (Å²) in [5.41, 5.74) is 4.46. The largest absolute Gasteiger partial charge is 0.497 e. The molecule has 0 atom stereocenters. The second-order valence-corrected chi connectivity index (χ2v) is 8.03. The predicted molar refractivity (Wildman–Crippen MR) is 138 cm³/mol. The van der Waals surface area contributed by atoms with Gasteiger partial charge in [0.1, 0.15) is 5.75 Å². The molecule has 0 amide bonds. The van der Waals surface area contributed by atoms with Gasteiger partial charge in [0.15, 0.2) is 0 Å². The van der Waals surface area contributed by atoms with E-state index >= 15 is 0 Å². The summed E-state index contributed by atoms with van der Waals surface area (Å²) in [5.74, 6) is 0.792. The maximum atomic E-state index is 13.6. The van der Waals surface area contributed by atoms with Crippen LogP contribution >= 0.6 is 0 Å². The molecule has 0 saturated carbocycles. The van der Waals surface area contributed by atoms with E-state index in [1.165, 1.54) is 0 Å². The number of hydrogen-bond donors (Lipinski definition) is 0. The summed E-state index contributed by atoms with van der Waals surface area (Å²) in [6.45, 7) is 0.473. The average molecular weight is 445 g/mol. The number of ether oxygens (including phenoxy) is 1. The average Bonchev–Trinajstić information content (AvgIpc) is 2.90. The molecule has 0 bridgehead atoms. The van der Waals surface area contributed by atoms with Gasteiger partial charge in [-0.25, -0.2) is 4.99 Å². The number of aliphatic imine (C=N–C) groups is 1. The van der Waals surface area contributed by atoms with Crippen molar-refractivity contribution in [3.63, 3.8) is 0 Å². The lowest BCUT2D eigenvalue weighted by Crippen LogP contribution is -2.20. The van der Waals surface area contributed by atoms with Crippen LogP contribution in [0.1, 0.15) is 16.7 Å². The minimum atomic E-state index is -0.0619. The van der Waals surface area contributed by atoms with Crippen LogP contribution in [0.15, 0.2) is 125 Å². The van der Waals surface area contributed by atoms with Gasteiger partial charge in [0.05, 0.1) is 30.4 Å². The van der Waals surface area contributed by atoms with Gasteiger partial charge in [-0.2, -0.15) is 0 Å². The molecular formula is C30H24N2O2. The van der Waals surface area contributed by atoms with E-state index in [1.807, 2.05) is 115 Å². The molecule has 166 valence electrons. The highest BCUT2D eigenvalue weighted by Crippen LogP contribution is 2.25. The Morgan fingerprint density at radius 2 is 1.41 bits per heavy atom. The van der Waals surface area contributed by atoms with E-state index in [0.29, 0.717) is 17.6 Å². The van der Waals surface area contributed by atoms with Crippen LogP contribution in [-0.4, -0.2) is 17.4 Å². The van der Waals surface area contributed by atoms with Gasteiger partial charge >= 0.3 is 0 Å². The number of nitrogens with zero attached hydrogens (tertiary/aromatic N) is 2. The zero-order valence-electron chi connectivity index (χ0n) is 18.9. The second-order valence-electron chi connectivity index (χ2n) is 8.03. The monoisotopic (exact) mass is 444 g/mol. The molecule has 1 aromatic heterocycles.